The fraction of sp³-hybridized carbons (Fsp3) is 1.00. The van der Waals surface area contributed by atoms with Gasteiger partial charge in [0, 0.05) is 0 Å². The van der Waals surface area contributed by atoms with Crippen LogP contribution in [0, 0.1) is 52.3 Å². The number of hydrogen-bond donors (Lipinski definition) is 0. The van der Waals surface area contributed by atoms with Crippen LogP contribution in [0.25, 0.3) is 0 Å². The summed E-state index contributed by atoms with van der Waals surface area (Å²) in [6, 6.07) is 0. The first-order valence-corrected chi connectivity index (χ1v) is 33.8. The molecule has 32 nitrogen and oxygen atoms in total. The molecule has 0 radical (unpaired) electrons. The molecule has 78 heavy (non-hydrogen) atoms. The van der Waals surface area contributed by atoms with Crippen LogP contribution in [0.3, 0.4) is 0 Å². The van der Waals surface area contributed by atoms with Gasteiger partial charge in [0.1, 0.15) is 42.7 Å². The molecule has 0 spiro atoms. The molecular formula is C39H61O32S7-7. The van der Waals surface area contributed by atoms with Crippen molar-refractivity contribution in [2.75, 3.05) is 13.2 Å². The normalized spacial score (nSPS) is 38.8. The molecule has 0 amide bonds. The van der Waals surface area contributed by atoms with Crippen molar-refractivity contribution in [2.24, 2.45) is 52.3 Å². The van der Waals surface area contributed by atoms with E-state index in [2.05, 4.69) is 63.9 Å². The van der Waals surface area contributed by atoms with E-state index in [9.17, 15) is 90.8 Å². The van der Waals surface area contributed by atoms with Gasteiger partial charge in [-0.3, -0.25) is 29.3 Å². The molecule has 458 valence electrons. The van der Waals surface area contributed by atoms with Crippen LogP contribution in [0.15, 0.2) is 0 Å². The molecule has 0 aromatic heterocycles. The van der Waals surface area contributed by atoms with Gasteiger partial charge in [-0.25, -0.2) is 58.9 Å². The molecule has 2 heterocycles. The first-order chi connectivity index (χ1) is 35.4. The summed E-state index contributed by atoms with van der Waals surface area (Å²) in [5.74, 6) is 2.56. The Labute approximate surface area is 454 Å². The van der Waals surface area contributed by atoms with E-state index >= 15 is 0 Å². The Morgan fingerprint density at radius 3 is 1.38 bits per heavy atom. The van der Waals surface area contributed by atoms with E-state index in [0.29, 0.717) is 42.4 Å². The zero-order valence-electron chi connectivity index (χ0n) is 42.2. The van der Waals surface area contributed by atoms with Gasteiger partial charge >= 0.3 is 0 Å². The SMILES string of the molecule is CC(C)CCC[C@@H](C)[C@H]1CC[C@H]2[C@@H]3CC[C@H]4C[C@@H](O[C@H]5O[C@H](COS(=O)(=O)[O-])[C@@H](OS(=O)(=O)[O-])[C@H](OS(=O)(=O)[O-])[C@@H]5O[C@H]5O[C@H](COS(=O)(=O)[O-])[C@@H](OS(=O)(=O)[O-])[C@H](OS(=O)(=O)[O-])[C@@H]5OS(=O)(=O)[O-])CC[C@]4(C)[C@H]3CC[C@]12C. The van der Waals surface area contributed by atoms with Crippen molar-refractivity contribution < 1.29 is 139 Å². The van der Waals surface area contributed by atoms with Gasteiger partial charge < -0.3 is 50.8 Å². The lowest BCUT2D eigenvalue weighted by atomic mass is 9.44. The second-order valence-electron chi connectivity index (χ2n) is 21.6. The Balaban J connectivity index is 1.40. The molecule has 2 aliphatic heterocycles. The predicted molar refractivity (Wildman–Crippen MR) is 244 cm³/mol. The summed E-state index contributed by atoms with van der Waals surface area (Å²) < 4.78 is 305. The maximum Gasteiger partial charge on any atom is 0.218 e. The van der Waals surface area contributed by atoms with Gasteiger partial charge in [0.2, 0.25) is 72.8 Å². The zero-order valence-corrected chi connectivity index (χ0v) is 47.9. The predicted octanol–water partition coefficient (Wildman–Crippen LogP) is -0.491. The monoisotopic (exact) mass is 1270 g/mol. The Hall–Kier alpha value is -1.07. The first-order valence-electron chi connectivity index (χ1n) is 24.5. The third-order valence-electron chi connectivity index (χ3n) is 16.5. The van der Waals surface area contributed by atoms with Gasteiger partial charge in [0.25, 0.3) is 0 Å². The number of ether oxygens (including phenoxy) is 4. The highest BCUT2D eigenvalue weighted by Crippen LogP contribution is 2.68. The molecule has 19 atom stereocenters. The van der Waals surface area contributed by atoms with E-state index < -0.39 is 154 Å². The van der Waals surface area contributed by atoms with Crippen molar-refractivity contribution in [1.82, 2.24) is 0 Å². The highest BCUT2D eigenvalue weighted by Gasteiger charge is 2.62. The van der Waals surface area contributed by atoms with Crippen LogP contribution >= 0.6 is 0 Å². The summed E-state index contributed by atoms with van der Waals surface area (Å²) in [7, 11) is -43.6. The smallest absolute Gasteiger partial charge is 0.218 e. The van der Waals surface area contributed by atoms with E-state index in [1.165, 1.54) is 0 Å². The number of fused-ring (bicyclic) bond motifs is 5. The summed E-state index contributed by atoms with van der Waals surface area (Å²) in [4.78, 5) is 0. The fourth-order valence-electron chi connectivity index (χ4n) is 13.6. The summed E-state index contributed by atoms with van der Waals surface area (Å²) >= 11 is 0. The summed E-state index contributed by atoms with van der Waals surface area (Å²) in [6.07, 6.45) is -21.9. The topological polar surface area (TPSA) is 502 Å². The van der Waals surface area contributed by atoms with Gasteiger partial charge in [0.05, 0.1) is 19.3 Å². The van der Waals surface area contributed by atoms with Crippen molar-refractivity contribution in [3.63, 3.8) is 0 Å². The third kappa shape index (κ3) is 17.7. The maximum atomic E-state index is 12.5. The Kier molecular flexibility index (Phi) is 20.7. The van der Waals surface area contributed by atoms with E-state index in [0.717, 1.165) is 51.4 Å². The minimum Gasteiger partial charge on any atom is -0.726 e. The fourth-order valence-corrected chi connectivity index (χ4v) is 16.7. The van der Waals surface area contributed by atoms with Crippen molar-refractivity contribution in [2.45, 2.75) is 179 Å². The minimum absolute atomic E-state index is 0.0970. The number of hydrogen-bond acceptors (Lipinski definition) is 32. The highest BCUT2D eigenvalue weighted by atomic mass is 32.3. The molecule has 6 rings (SSSR count). The zero-order chi connectivity index (χ0) is 58.6. The first kappa shape index (κ1) is 66.1. The number of rotatable bonds is 25. The standard InChI is InChI=1S/C39H68O32S7/c1-20(2)7-6-8-21(3)25-11-12-26-24-10-9-22-17-23(13-15-38(22,4)27(24)14-16-39(25,26)5)63-36-34(32(69-76(52,53)54)30(67-74(46,47)48)28(64-36)18-61-72(40,41)42)66-37-35(71-78(58,59)60)33(70-77(55,56)57)31(68-75(49,50)51)29(65-37)19-62-73(43,44)45/h20-37H,6-19H2,1-5H3,(H,40,41,42)(H,43,44,45)(H,46,47,48)(H,49,50,51)(H,52,53,54)(H,55,56,57)(H,58,59,60)/p-7/t21-,22+,23+,24+,25-,26+,27+,28-,29-,30-,31-,32+,33+,34+,35+,36+,37-,38+,39-/m1/s1. The average molecular weight is 1270 g/mol. The second kappa shape index (κ2) is 24.5. The van der Waals surface area contributed by atoms with Crippen molar-refractivity contribution in [3.8, 4) is 0 Å². The summed E-state index contributed by atoms with van der Waals surface area (Å²) in [5, 5.41) is 0. The molecule has 6 aliphatic rings. The molecule has 0 aromatic rings. The molecule has 0 bridgehead atoms. The summed E-state index contributed by atoms with van der Waals surface area (Å²) in [6.45, 7) is 7.65. The van der Waals surface area contributed by atoms with Crippen molar-refractivity contribution in [3.05, 3.63) is 0 Å². The van der Waals surface area contributed by atoms with Crippen LogP contribution in [-0.4, -0.2) is 172 Å². The minimum atomic E-state index is -6.43. The van der Waals surface area contributed by atoms with Gasteiger partial charge in [-0.15, -0.1) is 0 Å². The van der Waals surface area contributed by atoms with Crippen LogP contribution in [0.4, 0.5) is 0 Å². The molecule has 0 N–H and O–H groups in total. The Morgan fingerprint density at radius 2 is 0.910 bits per heavy atom. The van der Waals surface area contributed by atoms with Gasteiger partial charge in [-0.1, -0.05) is 53.9 Å². The highest BCUT2D eigenvalue weighted by molar-refractivity contribution is 7.82. The molecule has 6 fully saturated rings. The van der Waals surface area contributed by atoms with E-state index in [1.807, 2.05) is 0 Å². The Bertz CT molecular complexity index is 2910. The second-order valence-corrected chi connectivity index (χ2v) is 28.8. The largest absolute Gasteiger partial charge is 0.726 e. The third-order valence-corrected chi connectivity index (χ3v) is 19.7. The lowest BCUT2D eigenvalue weighted by Gasteiger charge is -2.61. The van der Waals surface area contributed by atoms with E-state index in [-0.39, 0.29) is 35.5 Å². The van der Waals surface area contributed by atoms with E-state index in [4.69, 9.17) is 18.9 Å². The quantitative estimate of drug-likeness (QED) is 0.0632. The van der Waals surface area contributed by atoms with Crippen LogP contribution in [0.2, 0.25) is 0 Å². The molecule has 0 unspecified atom stereocenters. The van der Waals surface area contributed by atoms with Crippen LogP contribution in [0.5, 0.6) is 0 Å². The molecular weight excluding hydrogens is 1200 g/mol. The van der Waals surface area contributed by atoms with Gasteiger partial charge in [0.15, 0.2) is 18.7 Å². The van der Waals surface area contributed by atoms with E-state index in [1.54, 1.807) is 0 Å². The lowest BCUT2D eigenvalue weighted by Crippen LogP contribution is -2.67. The van der Waals surface area contributed by atoms with Crippen LogP contribution in [0.1, 0.15) is 112 Å². The van der Waals surface area contributed by atoms with Crippen molar-refractivity contribution >= 4 is 72.8 Å². The van der Waals surface area contributed by atoms with Crippen LogP contribution < -0.4 is 0 Å². The summed E-state index contributed by atoms with van der Waals surface area (Å²) in [5.41, 5.74) is -0.213. The average Bonchev–Trinajstić information content (AvgIpc) is 3.61. The Morgan fingerprint density at radius 1 is 0.474 bits per heavy atom. The lowest BCUT2D eigenvalue weighted by molar-refractivity contribution is -0.364. The van der Waals surface area contributed by atoms with Crippen LogP contribution in [-0.2, 0) is 121 Å². The van der Waals surface area contributed by atoms with Crippen molar-refractivity contribution in [1.29, 1.82) is 0 Å². The molecule has 4 aliphatic carbocycles. The molecule has 0 aromatic carbocycles. The maximum absolute atomic E-state index is 12.5. The molecule has 39 heteroatoms. The molecule has 2 saturated heterocycles. The molecule has 4 saturated carbocycles. The van der Waals surface area contributed by atoms with Gasteiger partial charge in [-0.05, 0) is 110 Å². The van der Waals surface area contributed by atoms with Gasteiger partial charge in [-0.2, -0.15) is 0 Å².